The topological polar surface area (TPSA) is 35.0 Å². The summed E-state index contributed by atoms with van der Waals surface area (Å²) < 4.78 is 5.63. The minimum Gasteiger partial charge on any atom is -0.493 e. The zero-order chi connectivity index (χ0) is 19.9. The number of hydrogen-bond donors (Lipinski definition) is 0. The SMILES string of the molecule is CC(C)(Cc1ccc2c(c1)CCO2)Cc1cnc2cc(C(C)(C)C)ccc2n1. The van der Waals surface area contributed by atoms with Gasteiger partial charge in [-0.2, -0.15) is 0 Å². The first-order valence-electron chi connectivity index (χ1n) is 10.2. The number of ether oxygens (including phenoxy) is 1. The van der Waals surface area contributed by atoms with Crippen molar-refractivity contribution in [2.75, 3.05) is 6.61 Å². The van der Waals surface area contributed by atoms with Crippen molar-refractivity contribution in [2.24, 2.45) is 5.41 Å². The Hall–Kier alpha value is -2.42. The van der Waals surface area contributed by atoms with Crippen LogP contribution in [0.4, 0.5) is 0 Å². The molecule has 1 aromatic heterocycles. The Labute approximate surface area is 168 Å². The highest BCUT2D eigenvalue weighted by molar-refractivity contribution is 5.75. The fraction of sp³-hybridized carbons (Fsp3) is 0.440. The summed E-state index contributed by atoms with van der Waals surface area (Å²) in [5.74, 6) is 1.05. The van der Waals surface area contributed by atoms with Gasteiger partial charge in [0, 0.05) is 12.6 Å². The van der Waals surface area contributed by atoms with Gasteiger partial charge in [-0.25, -0.2) is 4.98 Å². The molecule has 1 aliphatic heterocycles. The Bertz CT molecular complexity index is 1010. The van der Waals surface area contributed by atoms with E-state index in [1.807, 2.05) is 6.20 Å². The Morgan fingerprint density at radius 3 is 2.54 bits per heavy atom. The average molecular weight is 375 g/mol. The summed E-state index contributed by atoms with van der Waals surface area (Å²) in [5, 5.41) is 0. The van der Waals surface area contributed by atoms with Crippen LogP contribution in [0.1, 0.15) is 57.0 Å². The summed E-state index contributed by atoms with van der Waals surface area (Å²) >= 11 is 0. The van der Waals surface area contributed by atoms with Gasteiger partial charge in [0.25, 0.3) is 0 Å². The molecule has 2 aromatic carbocycles. The van der Waals surface area contributed by atoms with Crippen molar-refractivity contribution in [2.45, 2.75) is 59.3 Å². The van der Waals surface area contributed by atoms with Gasteiger partial charge in [-0.3, -0.25) is 4.98 Å². The highest BCUT2D eigenvalue weighted by Gasteiger charge is 2.22. The number of benzene rings is 2. The molecule has 0 aliphatic carbocycles. The lowest BCUT2D eigenvalue weighted by Crippen LogP contribution is -2.19. The Balaban J connectivity index is 1.53. The van der Waals surface area contributed by atoms with E-state index < -0.39 is 0 Å². The highest BCUT2D eigenvalue weighted by atomic mass is 16.5. The van der Waals surface area contributed by atoms with Crippen molar-refractivity contribution in [3.8, 4) is 5.75 Å². The monoisotopic (exact) mass is 374 g/mol. The molecule has 4 rings (SSSR count). The van der Waals surface area contributed by atoms with Crippen molar-refractivity contribution >= 4 is 11.0 Å². The zero-order valence-corrected chi connectivity index (χ0v) is 17.7. The third-order valence-electron chi connectivity index (χ3n) is 5.55. The molecule has 0 radical (unpaired) electrons. The van der Waals surface area contributed by atoms with Gasteiger partial charge in [-0.1, -0.05) is 52.8 Å². The predicted molar refractivity (Wildman–Crippen MR) is 115 cm³/mol. The molecule has 0 spiro atoms. The first-order valence-corrected chi connectivity index (χ1v) is 10.2. The van der Waals surface area contributed by atoms with E-state index in [4.69, 9.17) is 14.7 Å². The standard InChI is InChI=1S/C25H30N2O/c1-24(2,3)19-7-8-21-22(13-19)26-16-20(27-21)15-25(4,5)14-17-6-9-23-18(12-17)10-11-28-23/h6-9,12-13,16H,10-11,14-15H2,1-5H3. The van der Waals surface area contributed by atoms with Gasteiger partial charge in [0.2, 0.25) is 0 Å². The molecule has 28 heavy (non-hydrogen) atoms. The van der Waals surface area contributed by atoms with Gasteiger partial charge in [-0.05, 0) is 58.6 Å². The van der Waals surface area contributed by atoms with Crippen LogP contribution in [0.25, 0.3) is 11.0 Å². The normalized spacial score (nSPS) is 14.2. The smallest absolute Gasteiger partial charge is 0.122 e. The third kappa shape index (κ3) is 4.04. The van der Waals surface area contributed by atoms with Crippen LogP contribution in [0, 0.1) is 5.41 Å². The molecule has 146 valence electrons. The first kappa shape index (κ1) is 18.9. The van der Waals surface area contributed by atoms with Gasteiger partial charge in [0.15, 0.2) is 0 Å². The minimum atomic E-state index is 0.113. The maximum absolute atomic E-state index is 5.63. The molecule has 0 amide bonds. The molecule has 0 saturated heterocycles. The maximum Gasteiger partial charge on any atom is 0.122 e. The number of hydrogen-bond acceptors (Lipinski definition) is 3. The molecule has 3 aromatic rings. The van der Waals surface area contributed by atoms with Crippen molar-refractivity contribution < 1.29 is 4.74 Å². The number of nitrogens with zero attached hydrogens (tertiary/aromatic N) is 2. The van der Waals surface area contributed by atoms with Gasteiger partial charge in [0.05, 0.1) is 23.3 Å². The van der Waals surface area contributed by atoms with Crippen molar-refractivity contribution in [3.05, 3.63) is 65.0 Å². The molecule has 2 heterocycles. The largest absolute Gasteiger partial charge is 0.493 e. The summed E-state index contributed by atoms with van der Waals surface area (Å²) in [6.45, 7) is 12.1. The Morgan fingerprint density at radius 1 is 0.929 bits per heavy atom. The van der Waals surface area contributed by atoms with E-state index in [0.717, 1.165) is 48.3 Å². The van der Waals surface area contributed by atoms with E-state index >= 15 is 0 Å². The predicted octanol–water partition coefficient (Wildman–Crippen LogP) is 5.67. The van der Waals surface area contributed by atoms with Crippen molar-refractivity contribution in [1.82, 2.24) is 9.97 Å². The van der Waals surface area contributed by atoms with E-state index in [1.165, 1.54) is 16.7 Å². The van der Waals surface area contributed by atoms with Gasteiger partial charge < -0.3 is 4.74 Å². The van der Waals surface area contributed by atoms with Crippen LogP contribution in [-0.2, 0) is 24.7 Å². The molecular weight excluding hydrogens is 344 g/mol. The summed E-state index contributed by atoms with van der Waals surface area (Å²) in [7, 11) is 0. The molecule has 0 atom stereocenters. The van der Waals surface area contributed by atoms with Crippen LogP contribution in [0.3, 0.4) is 0 Å². The average Bonchev–Trinajstić information content (AvgIpc) is 3.07. The second-order valence-corrected chi connectivity index (χ2v) is 9.87. The minimum absolute atomic E-state index is 0.113. The van der Waals surface area contributed by atoms with Crippen LogP contribution in [0.2, 0.25) is 0 Å². The molecule has 1 aliphatic rings. The number of rotatable bonds is 4. The van der Waals surface area contributed by atoms with Crippen LogP contribution in [-0.4, -0.2) is 16.6 Å². The summed E-state index contributed by atoms with van der Waals surface area (Å²) in [5.41, 5.74) is 7.27. The van der Waals surface area contributed by atoms with E-state index in [9.17, 15) is 0 Å². The van der Waals surface area contributed by atoms with E-state index in [2.05, 4.69) is 71.0 Å². The third-order valence-corrected chi connectivity index (χ3v) is 5.55. The Kier molecular flexibility index (Phi) is 4.65. The molecule has 0 unspecified atom stereocenters. The van der Waals surface area contributed by atoms with Crippen LogP contribution in [0.5, 0.6) is 5.75 Å². The lowest BCUT2D eigenvalue weighted by molar-refractivity contribution is 0.354. The van der Waals surface area contributed by atoms with Gasteiger partial charge >= 0.3 is 0 Å². The molecule has 3 nitrogen and oxygen atoms in total. The van der Waals surface area contributed by atoms with Gasteiger partial charge in [-0.15, -0.1) is 0 Å². The number of aromatic nitrogens is 2. The van der Waals surface area contributed by atoms with Crippen molar-refractivity contribution in [1.29, 1.82) is 0 Å². The summed E-state index contributed by atoms with van der Waals surface area (Å²) in [6, 6.07) is 13.1. The lowest BCUT2D eigenvalue weighted by Gasteiger charge is -2.25. The molecule has 0 N–H and O–H groups in total. The summed E-state index contributed by atoms with van der Waals surface area (Å²) in [4.78, 5) is 9.62. The second kappa shape index (κ2) is 6.88. The zero-order valence-electron chi connectivity index (χ0n) is 17.7. The van der Waals surface area contributed by atoms with E-state index in [1.54, 1.807) is 0 Å². The highest BCUT2D eigenvalue weighted by Crippen LogP contribution is 2.31. The van der Waals surface area contributed by atoms with Crippen molar-refractivity contribution in [3.63, 3.8) is 0 Å². The molecule has 0 saturated carbocycles. The second-order valence-electron chi connectivity index (χ2n) is 9.87. The fourth-order valence-electron chi connectivity index (χ4n) is 4.06. The van der Waals surface area contributed by atoms with E-state index in [0.29, 0.717) is 0 Å². The summed E-state index contributed by atoms with van der Waals surface area (Å²) in [6.07, 6.45) is 4.90. The fourth-order valence-corrected chi connectivity index (χ4v) is 4.06. The lowest BCUT2D eigenvalue weighted by atomic mass is 9.81. The Morgan fingerprint density at radius 2 is 1.75 bits per heavy atom. The first-order chi connectivity index (χ1) is 13.2. The van der Waals surface area contributed by atoms with Crippen LogP contribution < -0.4 is 4.74 Å². The quantitative estimate of drug-likeness (QED) is 0.590. The molecular formula is C25H30N2O. The maximum atomic E-state index is 5.63. The number of fused-ring (bicyclic) bond motifs is 2. The molecule has 0 fully saturated rings. The van der Waals surface area contributed by atoms with E-state index in [-0.39, 0.29) is 10.8 Å². The van der Waals surface area contributed by atoms with Crippen LogP contribution in [0.15, 0.2) is 42.6 Å². The molecule has 3 heteroatoms. The van der Waals surface area contributed by atoms with Gasteiger partial charge in [0.1, 0.15) is 5.75 Å². The molecule has 0 bridgehead atoms. The van der Waals surface area contributed by atoms with Crippen LogP contribution >= 0.6 is 0 Å².